The average molecular weight is 211 g/mol. The van der Waals surface area contributed by atoms with Crippen molar-refractivity contribution in [1.82, 2.24) is 0 Å². The molecule has 0 saturated heterocycles. The fraction of sp³-hybridized carbons (Fsp3) is 0.933. The van der Waals surface area contributed by atoms with Gasteiger partial charge in [0.05, 0.1) is 0 Å². The first-order valence-corrected chi connectivity index (χ1v) is 6.61. The largest absolute Gasteiger partial charge is 0.0654 e. The highest BCUT2D eigenvalue weighted by Gasteiger charge is 2.19. The summed E-state index contributed by atoms with van der Waals surface area (Å²) in [5.41, 5.74) is 0.927. The third-order valence-electron chi connectivity index (χ3n) is 3.02. The minimum absolute atomic E-state index is 0.445. The lowest BCUT2D eigenvalue weighted by Gasteiger charge is -2.26. The van der Waals surface area contributed by atoms with Crippen molar-refractivity contribution in [3.05, 3.63) is 6.42 Å². The molecule has 0 spiro atoms. The Labute approximate surface area is 97.8 Å². The molecule has 0 saturated carbocycles. The summed E-state index contributed by atoms with van der Waals surface area (Å²) < 4.78 is 0. The summed E-state index contributed by atoms with van der Waals surface area (Å²) in [6, 6.07) is 0. The number of hydrogen-bond donors (Lipinski definition) is 0. The van der Waals surface area contributed by atoms with E-state index in [1.165, 1.54) is 38.5 Å². The van der Waals surface area contributed by atoms with Crippen LogP contribution in [0.5, 0.6) is 0 Å². The molecule has 0 aliphatic carbocycles. The molecular formula is C15H31. The van der Waals surface area contributed by atoms with Gasteiger partial charge in [0.2, 0.25) is 0 Å². The summed E-state index contributed by atoms with van der Waals surface area (Å²) in [7, 11) is 0. The molecule has 0 unspecified atom stereocenters. The molecule has 0 aromatic rings. The molecule has 0 aromatic carbocycles. The molecule has 0 heteroatoms. The van der Waals surface area contributed by atoms with E-state index >= 15 is 0 Å². The van der Waals surface area contributed by atoms with E-state index in [2.05, 4.69) is 48.0 Å². The van der Waals surface area contributed by atoms with Crippen molar-refractivity contribution >= 4 is 0 Å². The monoisotopic (exact) mass is 211 g/mol. The minimum Gasteiger partial charge on any atom is -0.0654 e. The fourth-order valence-corrected chi connectivity index (χ4v) is 1.83. The molecule has 1 radical (unpaired) electrons. The second kappa shape index (κ2) is 6.55. The van der Waals surface area contributed by atoms with Gasteiger partial charge < -0.3 is 0 Å². The summed E-state index contributed by atoms with van der Waals surface area (Å²) in [4.78, 5) is 0. The van der Waals surface area contributed by atoms with Crippen LogP contribution in [-0.4, -0.2) is 0 Å². The van der Waals surface area contributed by atoms with Crippen LogP contribution in [0.15, 0.2) is 0 Å². The van der Waals surface area contributed by atoms with Crippen LogP contribution >= 0.6 is 0 Å². The van der Waals surface area contributed by atoms with Crippen molar-refractivity contribution < 1.29 is 0 Å². The van der Waals surface area contributed by atoms with E-state index in [4.69, 9.17) is 0 Å². The Kier molecular flexibility index (Phi) is 6.55. The summed E-state index contributed by atoms with van der Waals surface area (Å²) >= 11 is 0. The highest BCUT2D eigenvalue weighted by molar-refractivity contribution is 4.85. The predicted molar refractivity (Wildman–Crippen MR) is 70.9 cm³/mol. The van der Waals surface area contributed by atoms with Gasteiger partial charge in [0.15, 0.2) is 0 Å². The summed E-state index contributed by atoms with van der Waals surface area (Å²) in [6.45, 7) is 14.0. The van der Waals surface area contributed by atoms with Crippen LogP contribution in [0.4, 0.5) is 0 Å². The number of unbranched alkanes of at least 4 members (excludes halogenated alkanes) is 2. The lowest BCUT2D eigenvalue weighted by atomic mass is 9.79. The van der Waals surface area contributed by atoms with Gasteiger partial charge >= 0.3 is 0 Å². The van der Waals surface area contributed by atoms with E-state index in [1.807, 2.05) is 0 Å². The van der Waals surface area contributed by atoms with Gasteiger partial charge in [-0.3, -0.25) is 0 Å². The van der Waals surface area contributed by atoms with E-state index in [-0.39, 0.29) is 0 Å². The summed E-state index contributed by atoms with van der Waals surface area (Å²) in [6.07, 6.45) is 10.6. The Hall–Kier alpha value is 0. The second-order valence-electron chi connectivity index (χ2n) is 6.75. The third kappa shape index (κ3) is 10.3. The predicted octanol–water partition coefficient (Wildman–Crippen LogP) is 5.62. The smallest absolute Gasteiger partial charge is 0.0323 e. The van der Waals surface area contributed by atoms with Crippen LogP contribution in [0.1, 0.15) is 80.1 Å². The van der Waals surface area contributed by atoms with Crippen molar-refractivity contribution in [2.45, 2.75) is 80.1 Å². The molecule has 0 amide bonds. The average Bonchev–Trinajstić information content (AvgIpc) is 2.01. The highest BCUT2D eigenvalue weighted by atomic mass is 14.2. The normalized spacial score (nSPS) is 13.2. The Morgan fingerprint density at radius 2 is 1.47 bits per heavy atom. The molecule has 0 aliphatic heterocycles. The molecule has 0 heterocycles. The minimum atomic E-state index is 0.445. The molecule has 0 nitrogen and oxygen atoms in total. The number of rotatable bonds is 7. The van der Waals surface area contributed by atoms with Gasteiger partial charge in [-0.25, -0.2) is 0 Å². The quantitative estimate of drug-likeness (QED) is 0.479. The zero-order valence-electron chi connectivity index (χ0n) is 11.8. The van der Waals surface area contributed by atoms with E-state index in [0.717, 1.165) is 0 Å². The van der Waals surface area contributed by atoms with Crippen molar-refractivity contribution in [3.63, 3.8) is 0 Å². The standard InChI is InChI=1S/C15H31/c1-7-8-9-12-15(5,6)13-10-11-14(2,3)4/h13H,7-12H2,1-6H3. The van der Waals surface area contributed by atoms with Gasteiger partial charge in [-0.1, -0.05) is 60.8 Å². The first kappa shape index (κ1) is 15.0. The molecule has 0 aliphatic rings. The zero-order valence-corrected chi connectivity index (χ0v) is 11.8. The Morgan fingerprint density at radius 1 is 0.867 bits per heavy atom. The highest BCUT2D eigenvalue weighted by Crippen LogP contribution is 2.31. The SMILES string of the molecule is CCCCCC(C)(C)[CH]CCC(C)(C)C. The lowest BCUT2D eigenvalue weighted by molar-refractivity contribution is 0.326. The Morgan fingerprint density at radius 3 is 1.93 bits per heavy atom. The van der Waals surface area contributed by atoms with E-state index in [1.54, 1.807) is 0 Å². The third-order valence-corrected chi connectivity index (χ3v) is 3.02. The van der Waals surface area contributed by atoms with Gasteiger partial charge in [-0.2, -0.15) is 0 Å². The van der Waals surface area contributed by atoms with Crippen molar-refractivity contribution in [2.24, 2.45) is 10.8 Å². The van der Waals surface area contributed by atoms with Gasteiger partial charge in [-0.15, -0.1) is 0 Å². The van der Waals surface area contributed by atoms with Crippen molar-refractivity contribution in [1.29, 1.82) is 0 Å². The maximum atomic E-state index is 2.54. The molecular weight excluding hydrogens is 180 g/mol. The van der Waals surface area contributed by atoms with E-state index in [0.29, 0.717) is 10.8 Å². The molecule has 0 fully saturated rings. The maximum Gasteiger partial charge on any atom is -0.0323 e. The van der Waals surface area contributed by atoms with Crippen molar-refractivity contribution in [2.75, 3.05) is 0 Å². The Bertz CT molecular complexity index is 148. The summed E-state index contributed by atoms with van der Waals surface area (Å²) in [5.74, 6) is 0. The van der Waals surface area contributed by atoms with Gasteiger partial charge in [0.25, 0.3) is 0 Å². The second-order valence-corrected chi connectivity index (χ2v) is 6.75. The Balaban J connectivity index is 3.64. The molecule has 0 atom stereocenters. The van der Waals surface area contributed by atoms with Crippen LogP contribution in [-0.2, 0) is 0 Å². The molecule has 0 aromatic heterocycles. The van der Waals surface area contributed by atoms with Crippen LogP contribution in [0.2, 0.25) is 0 Å². The van der Waals surface area contributed by atoms with Crippen LogP contribution in [0.3, 0.4) is 0 Å². The van der Waals surface area contributed by atoms with Crippen LogP contribution in [0, 0.1) is 17.3 Å². The lowest BCUT2D eigenvalue weighted by Crippen LogP contribution is -2.14. The topological polar surface area (TPSA) is 0 Å². The number of hydrogen-bond acceptors (Lipinski definition) is 0. The van der Waals surface area contributed by atoms with Crippen LogP contribution < -0.4 is 0 Å². The molecule has 0 rings (SSSR count). The molecule has 0 bridgehead atoms. The van der Waals surface area contributed by atoms with Gasteiger partial charge in [0, 0.05) is 0 Å². The molecule has 91 valence electrons. The molecule has 15 heavy (non-hydrogen) atoms. The van der Waals surface area contributed by atoms with Gasteiger partial charge in [0.1, 0.15) is 0 Å². The fourth-order valence-electron chi connectivity index (χ4n) is 1.83. The van der Waals surface area contributed by atoms with Crippen molar-refractivity contribution in [3.8, 4) is 0 Å². The van der Waals surface area contributed by atoms with Crippen LogP contribution in [0.25, 0.3) is 0 Å². The maximum absolute atomic E-state index is 2.54. The summed E-state index contributed by atoms with van der Waals surface area (Å²) in [5, 5.41) is 0. The zero-order chi connectivity index (χ0) is 11.9. The van der Waals surface area contributed by atoms with E-state index < -0.39 is 0 Å². The molecule has 0 N–H and O–H groups in total. The first-order valence-electron chi connectivity index (χ1n) is 6.61. The first-order chi connectivity index (χ1) is 6.77. The van der Waals surface area contributed by atoms with Gasteiger partial charge in [-0.05, 0) is 36.5 Å². The van der Waals surface area contributed by atoms with E-state index in [9.17, 15) is 0 Å².